The lowest BCUT2D eigenvalue weighted by atomic mass is 10.2. The lowest BCUT2D eigenvalue weighted by Gasteiger charge is -2.15. The Bertz CT molecular complexity index is 586. The Labute approximate surface area is 139 Å². The zero-order valence-electron chi connectivity index (χ0n) is 12.7. The van der Waals surface area contributed by atoms with Crippen LogP contribution in [0.2, 0.25) is 0 Å². The smallest absolute Gasteiger partial charge is 0.327 e. The summed E-state index contributed by atoms with van der Waals surface area (Å²) < 4.78 is 0. The first-order chi connectivity index (χ1) is 11.2. The number of imide groups is 1. The molecule has 23 heavy (non-hydrogen) atoms. The topological polar surface area (TPSA) is 69.7 Å². The van der Waals surface area contributed by atoms with Crippen molar-refractivity contribution >= 4 is 29.6 Å². The van der Waals surface area contributed by atoms with Gasteiger partial charge in [0.05, 0.1) is 0 Å². The highest BCUT2D eigenvalue weighted by atomic mass is 32.2. The molecule has 6 nitrogen and oxygen atoms in total. The van der Waals surface area contributed by atoms with E-state index in [1.165, 1.54) is 0 Å². The van der Waals surface area contributed by atoms with Crippen molar-refractivity contribution in [3.05, 3.63) is 30.3 Å². The van der Waals surface area contributed by atoms with Gasteiger partial charge in [-0.15, -0.1) is 11.8 Å². The van der Waals surface area contributed by atoms with Crippen LogP contribution in [0.1, 0.15) is 12.8 Å². The summed E-state index contributed by atoms with van der Waals surface area (Å²) in [5.74, 6) is 0.217. The fraction of sp³-hybridized carbons (Fsp3) is 0.438. The molecule has 0 radical (unpaired) electrons. The Morgan fingerprint density at radius 3 is 2.78 bits per heavy atom. The Kier molecular flexibility index (Phi) is 4.85. The average molecular weight is 333 g/mol. The summed E-state index contributed by atoms with van der Waals surface area (Å²) >= 11 is 1.65. The van der Waals surface area contributed by atoms with Crippen molar-refractivity contribution in [2.45, 2.75) is 23.8 Å². The van der Waals surface area contributed by atoms with Crippen LogP contribution in [-0.2, 0) is 9.59 Å². The molecule has 2 heterocycles. The van der Waals surface area contributed by atoms with Crippen molar-refractivity contribution in [2.24, 2.45) is 0 Å². The van der Waals surface area contributed by atoms with E-state index in [0.717, 1.165) is 22.0 Å². The Balaban J connectivity index is 1.41. The first-order valence-electron chi connectivity index (χ1n) is 7.73. The highest BCUT2D eigenvalue weighted by molar-refractivity contribution is 7.99. The van der Waals surface area contributed by atoms with Gasteiger partial charge >= 0.3 is 6.03 Å². The molecule has 1 aromatic carbocycles. The molecule has 2 aliphatic rings. The third-order valence-corrected chi connectivity index (χ3v) is 5.03. The van der Waals surface area contributed by atoms with Crippen molar-refractivity contribution in [1.82, 2.24) is 15.1 Å². The summed E-state index contributed by atoms with van der Waals surface area (Å²) in [7, 11) is 0. The van der Waals surface area contributed by atoms with Gasteiger partial charge in [-0.2, -0.15) is 0 Å². The molecule has 3 rings (SSSR count). The quantitative estimate of drug-likeness (QED) is 0.484. The summed E-state index contributed by atoms with van der Waals surface area (Å²) in [4.78, 5) is 39.9. The molecule has 2 aliphatic heterocycles. The highest BCUT2D eigenvalue weighted by Crippen LogP contribution is 2.26. The number of amides is 4. The zero-order valence-corrected chi connectivity index (χ0v) is 13.6. The van der Waals surface area contributed by atoms with Gasteiger partial charge in [0.1, 0.15) is 12.6 Å². The Morgan fingerprint density at radius 2 is 2.04 bits per heavy atom. The van der Waals surface area contributed by atoms with Crippen LogP contribution in [0.4, 0.5) is 4.79 Å². The van der Waals surface area contributed by atoms with Crippen molar-refractivity contribution < 1.29 is 14.4 Å². The summed E-state index contributed by atoms with van der Waals surface area (Å²) in [6, 6.07) is 9.26. The van der Waals surface area contributed by atoms with E-state index in [9.17, 15) is 14.4 Å². The summed E-state index contributed by atoms with van der Waals surface area (Å²) in [6.45, 7) is 0.934. The molecule has 1 unspecified atom stereocenters. The van der Waals surface area contributed by atoms with E-state index >= 15 is 0 Å². The minimum atomic E-state index is -0.344. The van der Waals surface area contributed by atoms with Crippen LogP contribution in [0, 0.1) is 0 Å². The van der Waals surface area contributed by atoms with E-state index in [-0.39, 0.29) is 30.4 Å². The first-order valence-corrected chi connectivity index (χ1v) is 8.72. The Hall–Kier alpha value is -2.02. The third-order valence-electron chi connectivity index (χ3n) is 4.02. The molecular formula is C16H19N3O3S. The van der Waals surface area contributed by atoms with Gasteiger partial charge in [0.2, 0.25) is 5.91 Å². The molecule has 1 atom stereocenters. The van der Waals surface area contributed by atoms with Gasteiger partial charge < -0.3 is 10.2 Å². The lowest BCUT2D eigenvalue weighted by molar-refractivity contribution is -0.132. The van der Waals surface area contributed by atoms with E-state index in [2.05, 4.69) is 5.32 Å². The van der Waals surface area contributed by atoms with E-state index < -0.39 is 0 Å². The second kappa shape index (κ2) is 7.04. The minimum Gasteiger partial charge on any atom is -0.354 e. The Morgan fingerprint density at radius 1 is 1.26 bits per heavy atom. The molecule has 7 heteroatoms. The second-order valence-electron chi connectivity index (χ2n) is 5.57. The van der Waals surface area contributed by atoms with Gasteiger partial charge in [-0.25, -0.2) is 4.79 Å². The maximum atomic E-state index is 12.1. The number of hydrogen-bond donors (Lipinski definition) is 1. The lowest BCUT2D eigenvalue weighted by Crippen LogP contribution is -2.42. The maximum Gasteiger partial charge on any atom is 0.327 e. The number of thioether (sulfide) groups is 1. The monoisotopic (exact) mass is 333 g/mol. The van der Waals surface area contributed by atoms with Crippen LogP contribution in [0.25, 0.3) is 0 Å². The predicted octanol–water partition coefficient (Wildman–Crippen LogP) is 1.32. The molecule has 0 bridgehead atoms. The van der Waals surface area contributed by atoms with Gasteiger partial charge in [-0.3, -0.25) is 14.5 Å². The molecule has 2 fully saturated rings. The summed E-state index contributed by atoms with van der Waals surface area (Å²) in [6.07, 6.45) is 1.56. The van der Waals surface area contributed by atoms with Gasteiger partial charge in [-0.05, 0) is 25.0 Å². The third kappa shape index (κ3) is 3.50. The summed E-state index contributed by atoms with van der Waals surface area (Å²) in [5, 5.41) is 2.76. The van der Waals surface area contributed by atoms with Gasteiger partial charge in [-0.1, -0.05) is 18.2 Å². The van der Waals surface area contributed by atoms with Crippen LogP contribution in [0.15, 0.2) is 35.2 Å². The van der Waals surface area contributed by atoms with Crippen molar-refractivity contribution in [2.75, 3.05) is 25.4 Å². The fourth-order valence-electron chi connectivity index (χ4n) is 2.90. The molecule has 0 spiro atoms. The standard InChI is InChI=1S/C16H19N3O3S/c20-14(17-8-10-23-12-5-2-1-3-6-12)11-19-15(21)13-7-4-9-18(13)16(19)22/h1-3,5-6,13H,4,7-11H2,(H,17,20). The van der Waals surface area contributed by atoms with Gasteiger partial charge in [0, 0.05) is 23.7 Å². The number of rotatable bonds is 6. The molecule has 122 valence electrons. The normalized spacial score (nSPS) is 20.1. The number of urea groups is 1. The highest BCUT2D eigenvalue weighted by Gasteiger charge is 2.47. The first kappa shape index (κ1) is 15.9. The maximum absolute atomic E-state index is 12.1. The molecule has 1 aromatic rings. The minimum absolute atomic E-state index is 0.180. The molecule has 1 N–H and O–H groups in total. The number of carbonyl (C=O) groups excluding carboxylic acids is 3. The number of carbonyl (C=O) groups is 3. The number of nitrogens with one attached hydrogen (secondary N) is 1. The van der Waals surface area contributed by atoms with Crippen LogP contribution in [-0.4, -0.2) is 59.1 Å². The van der Waals surface area contributed by atoms with E-state index in [1.54, 1.807) is 16.7 Å². The number of hydrogen-bond acceptors (Lipinski definition) is 4. The van der Waals surface area contributed by atoms with Gasteiger partial charge in [0.25, 0.3) is 5.91 Å². The van der Waals surface area contributed by atoms with E-state index in [0.29, 0.717) is 19.5 Å². The zero-order chi connectivity index (χ0) is 16.2. The van der Waals surface area contributed by atoms with Crippen molar-refractivity contribution in [1.29, 1.82) is 0 Å². The number of fused-ring (bicyclic) bond motifs is 1. The van der Waals surface area contributed by atoms with E-state index in [1.807, 2.05) is 30.3 Å². The van der Waals surface area contributed by atoms with Crippen LogP contribution < -0.4 is 5.32 Å². The van der Waals surface area contributed by atoms with Crippen LogP contribution in [0.3, 0.4) is 0 Å². The molecular weight excluding hydrogens is 314 g/mol. The summed E-state index contributed by atoms with van der Waals surface area (Å²) in [5.41, 5.74) is 0. The van der Waals surface area contributed by atoms with Crippen LogP contribution >= 0.6 is 11.8 Å². The van der Waals surface area contributed by atoms with Crippen LogP contribution in [0.5, 0.6) is 0 Å². The van der Waals surface area contributed by atoms with Gasteiger partial charge in [0.15, 0.2) is 0 Å². The van der Waals surface area contributed by atoms with E-state index in [4.69, 9.17) is 0 Å². The SMILES string of the molecule is O=C(CN1C(=O)C2CCCN2C1=O)NCCSc1ccccc1. The molecule has 4 amide bonds. The molecule has 0 saturated carbocycles. The second-order valence-corrected chi connectivity index (χ2v) is 6.74. The van der Waals surface area contributed by atoms with Crippen molar-refractivity contribution in [3.8, 4) is 0 Å². The molecule has 2 saturated heterocycles. The molecule has 0 aliphatic carbocycles. The number of nitrogens with zero attached hydrogens (tertiary/aromatic N) is 2. The predicted molar refractivity (Wildman–Crippen MR) is 87.0 cm³/mol. The molecule has 0 aromatic heterocycles. The largest absolute Gasteiger partial charge is 0.354 e. The van der Waals surface area contributed by atoms with Crippen molar-refractivity contribution in [3.63, 3.8) is 0 Å². The average Bonchev–Trinajstić information content (AvgIpc) is 3.13. The fourth-order valence-corrected chi connectivity index (χ4v) is 3.69. The number of benzene rings is 1.